The van der Waals surface area contributed by atoms with Crippen LogP contribution < -0.4 is 5.56 Å². The Morgan fingerprint density at radius 3 is 2.73 bits per heavy atom. The van der Waals surface area contributed by atoms with Crippen LogP contribution in [0.15, 0.2) is 35.1 Å². The Bertz CT molecular complexity index is 557. The third kappa shape index (κ3) is 1.85. The molecular weight excluding hydrogens is 216 g/mol. The molecule has 1 aromatic carbocycles. The minimum absolute atomic E-state index is 0.236. The van der Waals surface area contributed by atoms with Gasteiger partial charge in [0.1, 0.15) is 0 Å². The van der Waals surface area contributed by atoms with E-state index >= 15 is 0 Å². The van der Waals surface area contributed by atoms with E-state index in [1.54, 1.807) is 24.3 Å². The van der Waals surface area contributed by atoms with Crippen LogP contribution in [-0.4, -0.2) is 16.1 Å². The molecule has 0 aliphatic heterocycles. The molecule has 76 valence electrons. The largest absolute Gasteiger partial charge is 0.296 e. The van der Waals surface area contributed by atoms with Crippen LogP contribution in [0.25, 0.3) is 5.69 Å². The van der Waals surface area contributed by atoms with E-state index < -0.39 is 0 Å². The summed E-state index contributed by atoms with van der Waals surface area (Å²) in [6, 6.07) is 8.02. The molecule has 0 unspecified atom stereocenters. The fourth-order valence-electron chi connectivity index (χ4n) is 1.28. The number of aldehydes is 1. The summed E-state index contributed by atoms with van der Waals surface area (Å²) < 4.78 is 1.26. The zero-order valence-electron chi connectivity index (χ0n) is 7.61. The van der Waals surface area contributed by atoms with E-state index in [4.69, 9.17) is 11.6 Å². The number of halogens is 1. The maximum atomic E-state index is 11.4. The second-order valence-electron chi connectivity index (χ2n) is 2.98. The average molecular weight is 223 g/mol. The van der Waals surface area contributed by atoms with Crippen molar-refractivity contribution in [1.82, 2.24) is 9.78 Å². The summed E-state index contributed by atoms with van der Waals surface area (Å²) in [6.45, 7) is 0. The summed E-state index contributed by atoms with van der Waals surface area (Å²) in [6.07, 6.45) is 0.586. The van der Waals surface area contributed by atoms with E-state index in [2.05, 4.69) is 5.10 Å². The van der Waals surface area contributed by atoms with E-state index in [0.717, 1.165) is 0 Å². The SMILES string of the molecule is O=Cc1cc(=O)n(-c2cccc(Cl)c2)[nH]1. The third-order valence-electron chi connectivity index (χ3n) is 1.93. The number of hydrogen-bond donors (Lipinski definition) is 1. The first-order valence-corrected chi connectivity index (χ1v) is 4.61. The van der Waals surface area contributed by atoms with Gasteiger partial charge in [0.05, 0.1) is 11.4 Å². The standard InChI is InChI=1S/C10H7ClN2O2/c11-7-2-1-3-9(4-7)13-10(15)5-8(6-14)12-13/h1-6,12H. The van der Waals surface area contributed by atoms with Crippen molar-refractivity contribution in [3.63, 3.8) is 0 Å². The summed E-state index contributed by atoms with van der Waals surface area (Å²) in [5, 5.41) is 3.18. The number of aromatic amines is 1. The lowest BCUT2D eigenvalue weighted by Crippen LogP contribution is -2.13. The molecule has 0 fully saturated rings. The van der Waals surface area contributed by atoms with E-state index in [-0.39, 0.29) is 11.3 Å². The van der Waals surface area contributed by atoms with Gasteiger partial charge >= 0.3 is 0 Å². The van der Waals surface area contributed by atoms with Crippen LogP contribution in [0, 0.1) is 0 Å². The van der Waals surface area contributed by atoms with Crippen molar-refractivity contribution in [2.75, 3.05) is 0 Å². The lowest BCUT2D eigenvalue weighted by molar-refractivity contribution is 0.111. The van der Waals surface area contributed by atoms with Gasteiger partial charge in [-0.25, -0.2) is 4.68 Å². The monoisotopic (exact) mass is 222 g/mol. The van der Waals surface area contributed by atoms with E-state index in [0.29, 0.717) is 17.0 Å². The Labute approximate surface area is 90.1 Å². The first-order chi connectivity index (χ1) is 7.20. The van der Waals surface area contributed by atoms with Crippen LogP contribution in [0.1, 0.15) is 10.5 Å². The first kappa shape index (κ1) is 9.73. The van der Waals surface area contributed by atoms with Crippen LogP contribution in [0.3, 0.4) is 0 Å². The van der Waals surface area contributed by atoms with E-state index in [9.17, 15) is 9.59 Å². The number of nitrogens with zero attached hydrogens (tertiary/aromatic N) is 1. The third-order valence-corrected chi connectivity index (χ3v) is 2.17. The predicted molar refractivity (Wildman–Crippen MR) is 56.8 cm³/mol. The number of H-pyrrole nitrogens is 1. The van der Waals surface area contributed by atoms with Gasteiger partial charge < -0.3 is 0 Å². The van der Waals surface area contributed by atoms with Gasteiger partial charge in [0.25, 0.3) is 5.56 Å². The molecule has 1 aromatic heterocycles. The molecule has 2 rings (SSSR count). The minimum Gasteiger partial charge on any atom is -0.296 e. The normalized spacial score (nSPS) is 10.2. The van der Waals surface area contributed by atoms with Crippen molar-refractivity contribution in [2.24, 2.45) is 0 Å². The molecule has 1 heterocycles. The Balaban J connectivity index is 2.58. The van der Waals surface area contributed by atoms with E-state index in [1.807, 2.05) is 0 Å². The topological polar surface area (TPSA) is 54.9 Å². The highest BCUT2D eigenvalue weighted by Crippen LogP contribution is 2.12. The summed E-state index contributed by atoms with van der Waals surface area (Å²) in [5.74, 6) is 0. The van der Waals surface area contributed by atoms with Crippen LogP contribution in [0.2, 0.25) is 5.02 Å². The van der Waals surface area contributed by atoms with Gasteiger partial charge in [0.15, 0.2) is 6.29 Å². The number of aromatic nitrogens is 2. The molecule has 0 aliphatic carbocycles. The quantitative estimate of drug-likeness (QED) is 0.786. The number of carbonyl (C=O) groups is 1. The summed E-state index contributed by atoms with van der Waals surface area (Å²) >= 11 is 5.79. The highest BCUT2D eigenvalue weighted by atomic mass is 35.5. The number of hydrogen-bond acceptors (Lipinski definition) is 2. The van der Waals surface area contributed by atoms with Gasteiger partial charge in [0.2, 0.25) is 0 Å². The molecule has 1 N–H and O–H groups in total. The minimum atomic E-state index is -0.292. The van der Waals surface area contributed by atoms with Gasteiger partial charge in [-0.2, -0.15) is 0 Å². The highest BCUT2D eigenvalue weighted by molar-refractivity contribution is 6.30. The number of rotatable bonds is 2. The lowest BCUT2D eigenvalue weighted by atomic mass is 10.3. The molecule has 15 heavy (non-hydrogen) atoms. The Morgan fingerprint density at radius 2 is 2.13 bits per heavy atom. The van der Waals surface area contributed by atoms with Gasteiger partial charge in [-0.05, 0) is 18.2 Å². The van der Waals surface area contributed by atoms with Crippen LogP contribution in [0.4, 0.5) is 0 Å². The maximum absolute atomic E-state index is 11.4. The highest BCUT2D eigenvalue weighted by Gasteiger charge is 2.04. The number of benzene rings is 1. The van der Waals surface area contributed by atoms with Crippen molar-refractivity contribution in [2.45, 2.75) is 0 Å². The van der Waals surface area contributed by atoms with Crippen molar-refractivity contribution in [1.29, 1.82) is 0 Å². The summed E-state index contributed by atoms with van der Waals surface area (Å²) in [5.41, 5.74) is 0.542. The van der Waals surface area contributed by atoms with Crippen molar-refractivity contribution in [3.05, 3.63) is 51.4 Å². The molecular formula is C10H7ClN2O2. The van der Waals surface area contributed by atoms with Crippen molar-refractivity contribution >= 4 is 17.9 Å². The van der Waals surface area contributed by atoms with Crippen molar-refractivity contribution < 1.29 is 4.79 Å². The molecule has 0 radical (unpaired) electrons. The molecule has 4 nitrogen and oxygen atoms in total. The summed E-state index contributed by atoms with van der Waals surface area (Å²) in [7, 11) is 0. The zero-order valence-corrected chi connectivity index (χ0v) is 8.36. The van der Waals surface area contributed by atoms with Gasteiger partial charge in [-0.15, -0.1) is 0 Å². The predicted octanol–water partition coefficient (Wildman–Crippen LogP) is 1.63. The first-order valence-electron chi connectivity index (χ1n) is 4.24. The van der Waals surface area contributed by atoms with Crippen LogP contribution in [0.5, 0.6) is 0 Å². The molecule has 0 saturated carbocycles. The fraction of sp³-hybridized carbons (Fsp3) is 0. The Kier molecular flexibility index (Phi) is 2.43. The van der Waals surface area contributed by atoms with Crippen molar-refractivity contribution in [3.8, 4) is 5.69 Å². The van der Waals surface area contributed by atoms with Gasteiger partial charge in [0, 0.05) is 11.1 Å². The van der Waals surface area contributed by atoms with Crippen LogP contribution in [-0.2, 0) is 0 Å². The molecule has 0 aliphatic rings. The Morgan fingerprint density at radius 1 is 1.33 bits per heavy atom. The van der Waals surface area contributed by atoms with E-state index in [1.165, 1.54) is 10.7 Å². The molecule has 0 amide bonds. The summed E-state index contributed by atoms with van der Waals surface area (Å²) in [4.78, 5) is 21.9. The fourth-order valence-corrected chi connectivity index (χ4v) is 1.47. The van der Waals surface area contributed by atoms with Crippen LogP contribution >= 0.6 is 11.6 Å². The molecule has 0 spiro atoms. The molecule has 2 aromatic rings. The Hall–Kier alpha value is -1.81. The second kappa shape index (κ2) is 3.74. The molecule has 5 heteroatoms. The smallest absolute Gasteiger partial charge is 0.271 e. The molecule has 0 bridgehead atoms. The molecule has 0 saturated heterocycles. The lowest BCUT2D eigenvalue weighted by Gasteiger charge is -2.00. The van der Waals surface area contributed by atoms with Gasteiger partial charge in [-0.1, -0.05) is 17.7 Å². The number of carbonyl (C=O) groups excluding carboxylic acids is 1. The number of nitrogens with one attached hydrogen (secondary N) is 1. The second-order valence-corrected chi connectivity index (χ2v) is 3.42. The maximum Gasteiger partial charge on any atom is 0.271 e. The van der Waals surface area contributed by atoms with Gasteiger partial charge in [-0.3, -0.25) is 14.7 Å². The molecule has 0 atom stereocenters. The average Bonchev–Trinajstić information content (AvgIpc) is 2.60. The zero-order chi connectivity index (χ0) is 10.8.